The lowest BCUT2D eigenvalue weighted by atomic mass is 10.0. The van der Waals surface area contributed by atoms with Gasteiger partial charge in [0, 0.05) is 41.0 Å². The lowest BCUT2D eigenvalue weighted by molar-refractivity contribution is -0.0221. The second-order valence-electron chi connectivity index (χ2n) is 7.49. The van der Waals surface area contributed by atoms with Crippen LogP contribution >= 0.6 is 11.3 Å². The number of nitrogens with two attached hydrogens (primary N) is 1. The summed E-state index contributed by atoms with van der Waals surface area (Å²) in [5, 5.41) is 1.90. The molecule has 2 amide bonds. The summed E-state index contributed by atoms with van der Waals surface area (Å²) >= 11 is 1.38. The van der Waals surface area contributed by atoms with Gasteiger partial charge in [0.05, 0.1) is 23.6 Å². The number of para-hydroxylation sites is 1. The Bertz CT molecular complexity index is 1290. The number of primary amides is 1. The third-order valence-electron chi connectivity index (χ3n) is 5.66. The second-order valence-corrected chi connectivity index (χ2v) is 8.54. The van der Waals surface area contributed by atoms with E-state index in [1.54, 1.807) is 0 Å². The molecule has 5 rings (SSSR count). The van der Waals surface area contributed by atoms with Crippen molar-refractivity contribution < 1.29 is 14.3 Å². The monoisotopic (exact) mass is 419 g/mol. The fourth-order valence-electron chi connectivity index (χ4n) is 4.26. The predicted octanol–water partition coefficient (Wildman–Crippen LogP) is 3.71. The number of amides is 2. The van der Waals surface area contributed by atoms with Crippen LogP contribution in [0, 0.1) is 0 Å². The number of hydrogen-bond donors (Lipinski definition) is 1. The van der Waals surface area contributed by atoms with Crippen molar-refractivity contribution in [2.24, 2.45) is 12.8 Å². The number of ether oxygens (including phenoxy) is 1. The average molecular weight is 420 g/mol. The van der Waals surface area contributed by atoms with E-state index in [0.717, 1.165) is 26.6 Å². The number of morpholine rings is 1. The molecule has 0 unspecified atom stereocenters. The van der Waals surface area contributed by atoms with Crippen molar-refractivity contribution in [1.82, 2.24) is 9.47 Å². The molecule has 6 nitrogen and oxygen atoms in total. The standard InChI is InChI=1S/C23H21N3O3S/c1-25-12-16(14-6-2-4-8-17(14)25)23(28)26-10-11-29-18(13-26)20-15-7-3-5-9-19(15)30-21(20)22(24)27/h2-9,12,18H,10-11,13H2,1H3,(H2,24,27)/t18-/m1/s1. The van der Waals surface area contributed by atoms with Crippen molar-refractivity contribution in [3.63, 3.8) is 0 Å². The van der Waals surface area contributed by atoms with Gasteiger partial charge in [0.2, 0.25) is 0 Å². The van der Waals surface area contributed by atoms with Gasteiger partial charge in [0.1, 0.15) is 6.10 Å². The normalized spacial score (nSPS) is 17.0. The Morgan fingerprint density at radius 1 is 1.10 bits per heavy atom. The zero-order chi connectivity index (χ0) is 20.8. The molecule has 1 aliphatic heterocycles. The molecule has 0 saturated carbocycles. The Hall–Kier alpha value is -3.16. The van der Waals surface area contributed by atoms with Gasteiger partial charge in [-0.15, -0.1) is 11.3 Å². The molecule has 2 aromatic heterocycles. The van der Waals surface area contributed by atoms with Gasteiger partial charge in [0.25, 0.3) is 11.8 Å². The summed E-state index contributed by atoms with van der Waals surface area (Å²) in [7, 11) is 1.94. The zero-order valence-electron chi connectivity index (χ0n) is 16.5. The summed E-state index contributed by atoms with van der Waals surface area (Å²) in [6, 6.07) is 15.7. The largest absolute Gasteiger partial charge is 0.370 e. The SMILES string of the molecule is Cn1cc(C(=O)N2CCO[C@@H](c3c(C(N)=O)sc4ccccc34)C2)c2ccccc21. The van der Waals surface area contributed by atoms with E-state index in [-0.39, 0.29) is 5.91 Å². The molecule has 3 heterocycles. The van der Waals surface area contributed by atoms with E-state index in [1.807, 2.05) is 71.2 Å². The lowest BCUT2D eigenvalue weighted by Crippen LogP contribution is -2.42. The number of thiophene rings is 1. The van der Waals surface area contributed by atoms with Crippen LogP contribution in [0.4, 0.5) is 0 Å². The third kappa shape index (κ3) is 2.98. The first-order valence-electron chi connectivity index (χ1n) is 9.80. The number of fused-ring (bicyclic) bond motifs is 2. The summed E-state index contributed by atoms with van der Waals surface area (Å²) in [5.41, 5.74) is 8.16. The molecule has 152 valence electrons. The first-order valence-corrected chi connectivity index (χ1v) is 10.6. The molecular weight excluding hydrogens is 398 g/mol. The molecule has 0 spiro atoms. The maximum absolute atomic E-state index is 13.4. The Labute approximate surface area is 177 Å². The maximum Gasteiger partial charge on any atom is 0.259 e. The summed E-state index contributed by atoms with van der Waals surface area (Å²) in [6.07, 6.45) is 1.49. The third-order valence-corrected chi connectivity index (χ3v) is 6.86. The van der Waals surface area contributed by atoms with Gasteiger partial charge < -0.3 is 19.9 Å². The van der Waals surface area contributed by atoms with E-state index in [9.17, 15) is 9.59 Å². The van der Waals surface area contributed by atoms with Crippen LogP contribution in [0.1, 0.15) is 31.7 Å². The Morgan fingerprint density at radius 3 is 2.63 bits per heavy atom. The van der Waals surface area contributed by atoms with Gasteiger partial charge in [-0.3, -0.25) is 9.59 Å². The topological polar surface area (TPSA) is 77.6 Å². The van der Waals surface area contributed by atoms with Crippen molar-refractivity contribution in [2.45, 2.75) is 6.10 Å². The van der Waals surface area contributed by atoms with Crippen LogP contribution in [0.3, 0.4) is 0 Å². The van der Waals surface area contributed by atoms with Crippen LogP contribution in [-0.2, 0) is 11.8 Å². The van der Waals surface area contributed by atoms with Crippen LogP contribution in [0.15, 0.2) is 54.7 Å². The number of rotatable bonds is 3. The molecule has 2 aromatic carbocycles. The number of aromatic nitrogens is 1. The van der Waals surface area contributed by atoms with Crippen LogP contribution < -0.4 is 5.73 Å². The van der Waals surface area contributed by atoms with E-state index in [1.165, 1.54) is 11.3 Å². The van der Waals surface area contributed by atoms with Crippen LogP contribution in [0.5, 0.6) is 0 Å². The van der Waals surface area contributed by atoms with Crippen molar-refractivity contribution >= 4 is 44.1 Å². The van der Waals surface area contributed by atoms with Crippen molar-refractivity contribution in [3.05, 3.63) is 70.7 Å². The van der Waals surface area contributed by atoms with Gasteiger partial charge in [-0.2, -0.15) is 0 Å². The van der Waals surface area contributed by atoms with Crippen LogP contribution in [-0.4, -0.2) is 41.0 Å². The molecular formula is C23H21N3O3S. The molecule has 1 atom stereocenters. The van der Waals surface area contributed by atoms with E-state index >= 15 is 0 Å². The van der Waals surface area contributed by atoms with E-state index in [2.05, 4.69) is 0 Å². The van der Waals surface area contributed by atoms with E-state index in [0.29, 0.717) is 30.1 Å². The van der Waals surface area contributed by atoms with Gasteiger partial charge in [-0.1, -0.05) is 36.4 Å². The number of nitrogens with zero attached hydrogens (tertiary/aromatic N) is 2. The predicted molar refractivity (Wildman–Crippen MR) is 118 cm³/mol. The van der Waals surface area contributed by atoms with Crippen molar-refractivity contribution in [1.29, 1.82) is 0 Å². The minimum absolute atomic E-state index is 0.0275. The van der Waals surface area contributed by atoms with E-state index in [4.69, 9.17) is 10.5 Å². The average Bonchev–Trinajstić information content (AvgIpc) is 3.32. The molecule has 0 radical (unpaired) electrons. The highest BCUT2D eigenvalue weighted by Crippen LogP contribution is 2.38. The number of hydrogen-bond acceptors (Lipinski definition) is 4. The van der Waals surface area contributed by atoms with Crippen LogP contribution in [0.2, 0.25) is 0 Å². The minimum Gasteiger partial charge on any atom is -0.370 e. The molecule has 4 aromatic rings. The summed E-state index contributed by atoms with van der Waals surface area (Å²) in [5.74, 6) is -0.493. The van der Waals surface area contributed by atoms with Gasteiger partial charge >= 0.3 is 0 Å². The van der Waals surface area contributed by atoms with Crippen LogP contribution in [0.25, 0.3) is 21.0 Å². The summed E-state index contributed by atoms with van der Waals surface area (Å²) in [6.45, 7) is 1.29. The Balaban J connectivity index is 1.51. The smallest absolute Gasteiger partial charge is 0.259 e. The van der Waals surface area contributed by atoms with Crippen molar-refractivity contribution in [3.8, 4) is 0 Å². The number of benzene rings is 2. The quantitative estimate of drug-likeness (QED) is 0.550. The van der Waals surface area contributed by atoms with E-state index < -0.39 is 12.0 Å². The molecule has 1 aliphatic rings. The molecule has 2 N–H and O–H groups in total. The molecule has 1 saturated heterocycles. The van der Waals surface area contributed by atoms with Gasteiger partial charge in [-0.25, -0.2) is 0 Å². The fourth-order valence-corrected chi connectivity index (χ4v) is 5.37. The molecule has 0 aliphatic carbocycles. The maximum atomic E-state index is 13.4. The molecule has 30 heavy (non-hydrogen) atoms. The minimum atomic E-state index is -0.465. The number of carbonyl (C=O) groups is 2. The molecule has 1 fully saturated rings. The number of aryl methyl sites for hydroxylation is 1. The Kier molecular flexibility index (Phi) is 4.56. The van der Waals surface area contributed by atoms with Gasteiger partial charge in [-0.05, 0) is 17.5 Å². The zero-order valence-corrected chi connectivity index (χ0v) is 17.3. The first-order chi connectivity index (χ1) is 14.5. The lowest BCUT2D eigenvalue weighted by Gasteiger charge is -2.33. The highest BCUT2D eigenvalue weighted by atomic mass is 32.1. The highest BCUT2D eigenvalue weighted by molar-refractivity contribution is 7.21. The number of carbonyl (C=O) groups excluding carboxylic acids is 2. The Morgan fingerprint density at radius 2 is 1.83 bits per heavy atom. The summed E-state index contributed by atoms with van der Waals surface area (Å²) < 4.78 is 8.99. The molecule has 0 bridgehead atoms. The second kappa shape index (κ2) is 7.27. The highest BCUT2D eigenvalue weighted by Gasteiger charge is 2.32. The fraction of sp³-hybridized carbons (Fsp3) is 0.217. The van der Waals surface area contributed by atoms with Crippen molar-refractivity contribution in [2.75, 3.05) is 19.7 Å². The molecule has 7 heteroatoms. The van der Waals surface area contributed by atoms with Gasteiger partial charge in [0.15, 0.2) is 0 Å². The summed E-state index contributed by atoms with van der Waals surface area (Å²) in [4.78, 5) is 27.8. The first kappa shape index (κ1) is 18.8.